The van der Waals surface area contributed by atoms with E-state index in [1.54, 1.807) is 0 Å². The fourth-order valence-electron chi connectivity index (χ4n) is 2.38. The Labute approximate surface area is 114 Å². The third kappa shape index (κ3) is 2.71. The molecule has 1 aromatic heterocycles. The molecule has 102 valence electrons. The summed E-state index contributed by atoms with van der Waals surface area (Å²) in [6.45, 7) is 9.93. The van der Waals surface area contributed by atoms with Crippen LogP contribution >= 0.6 is 7.14 Å². The Hall–Kier alpha value is -1.21. The fourth-order valence-corrected chi connectivity index (χ4v) is 4.09. The monoisotopic (exact) mass is 276 g/mol. The SMILES string of the molecule is CCc1ncc2c(P(C)(C)=O)c(C(C)C)ccc2n1. The predicted molar refractivity (Wildman–Crippen MR) is 82.1 cm³/mol. The Morgan fingerprint density at radius 1 is 1.26 bits per heavy atom. The zero-order chi connectivity index (χ0) is 14.2. The lowest BCUT2D eigenvalue weighted by Crippen LogP contribution is -2.14. The molecule has 0 radical (unpaired) electrons. The van der Waals surface area contributed by atoms with Crippen LogP contribution in [0.25, 0.3) is 10.9 Å². The van der Waals surface area contributed by atoms with E-state index in [1.165, 1.54) is 0 Å². The smallest absolute Gasteiger partial charge is 0.128 e. The standard InChI is InChI=1S/C15H21N2OP/c1-6-14-16-9-12-13(17-14)8-7-11(10(2)3)15(12)19(4,5)18/h7-10H,6H2,1-5H3. The van der Waals surface area contributed by atoms with Gasteiger partial charge in [0.05, 0.1) is 5.52 Å². The molecule has 0 unspecified atom stereocenters. The van der Waals surface area contributed by atoms with E-state index in [1.807, 2.05) is 32.5 Å². The van der Waals surface area contributed by atoms with Gasteiger partial charge in [-0.05, 0) is 30.9 Å². The van der Waals surface area contributed by atoms with E-state index in [4.69, 9.17) is 0 Å². The average molecular weight is 276 g/mol. The van der Waals surface area contributed by atoms with Crippen LogP contribution < -0.4 is 5.30 Å². The molecule has 0 aliphatic heterocycles. The quantitative estimate of drug-likeness (QED) is 0.805. The van der Waals surface area contributed by atoms with Crippen LogP contribution in [0.1, 0.15) is 38.1 Å². The van der Waals surface area contributed by atoms with Crippen LogP contribution in [0.2, 0.25) is 0 Å². The highest BCUT2D eigenvalue weighted by molar-refractivity contribution is 7.70. The Bertz CT molecular complexity index is 658. The fraction of sp³-hybridized carbons (Fsp3) is 0.467. The molecule has 0 aliphatic carbocycles. The maximum absolute atomic E-state index is 12.7. The van der Waals surface area contributed by atoms with Crippen molar-refractivity contribution in [2.45, 2.75) is 33.1 Å². The Kier molecular flexibility index (Phi) is 3.78. The second kappa shape index (κ2) is 5.05. The molecule has 0 amide bonds. The van der Waals surface area contributed by atoms with Crippen LogP contribution in [0, 0.1) is 0 Å². The summed E-state index contributed by atoms with van der Waals surface area (Å²) in [6, 6.07) is 4.08. The highest BCUT2D eigenvalue weighted by atomic mass is 31.2. The summed E-state index contributed by atoms with van der Waals surface area (Å²) in [5.74, 6) is 1.18. The minimum Gasteiger partial charge on any atom is -0.319 e. The summed E-state index contributed by atoms with van der Waals surface area (Å²) in [5.41, 5.74) is 2.05. The summed E-state index contributed by atoms with van der Waals surface area (Å²) in [5, 5.41) is 1.89. The minimum absolute atomic E-state index is 0.346. The van der Waals surface area contributed by atoms with Gasteiger partial charge >= 0.3 is 0 Å². The Morgan fingerprint density at radius 3 is 2.47 bits per heavy atom. The van der Waals surface area contributed by atoms with Gasteiger partial charge in [0, 0.05) is 23.3 Å². The van der Waals surface area contributed by atoms with Crippen molar-refractivity contribution in [1.29, 1.82) is 0 Å². The molecule has 0 fully saturated rings. The van der Waals surface area contributed by atoms with Crippen molar-refractivity contribution in [3.05, 3.63) is 29.7 Å². The van der Waals surface area contributed by atoms with E-state index in [0.29, 0.717) is 5.92 Å². The van der Waals surface area contributed by atoms with E-state index < -0.39 is 7.14 Å². The molecule has 0 aliphatic rings. The zero-order valence-electron chi connectivity index (χ0n) is 12.3. The van der Waals surface area contributed by atoms with Crippen LogP contribution in [0.4, 0.5) is 0 Å². The van der Waals surface area contributed by atoms with Gasteiger partial charge in [-0.2, -0.15) is 0 Å². The molecule has 0 saturated heterocycles. The molecule has 0 bridgehead atoms. The van der Waals surface area contributed by atoms with E-state index in [2.05, 4.69) is 29.9 Å². The minimum atomic E-state index is -2.36. The molecule has 1 heterocycles. The Balaban J connectivity index is 2.84. The van der Waals surface area contributed by atoms with Crippen LogP contribution in [0.5, 0.6) is 0 Å². The second-order valence-corrected chi connectivity index (χ2v) is 8.73. The van der Waals surface area contributed by atoms with Crippen LogP contribution in [-0.2, 0) is 11.0 Å². The van der Waals surface area contributed by atoms with Gasteiger partial charge in [-0.25, -0.2) is 9.97 Å². The average Bonchev–Trinajstić information content (AvgIpc) is 2.35. The molecule has 2 rings (SSSR count). The topological polar surface area (TPSA) is 42.9 Å². The predicted octanol–water partition coefficient (Wildman–Crippen LogP) is 3.56. The first-order valence-corrected chi connectivity index (χ1v) is 9.28. The molecule has 2 aromatic rings. The number of rotatable bonds is 3. The van der Waals surface area contributed by atoms with Crippen molar-refractivity contribution in [3.63, 3.8) is 0 Å². The number of hydrogen-bond donors (Lipinski definition) is 0. The van der Waals surface area contributed by atoms with Gasteiger partial charge in [0.2, 0.25) is 0 Å². The zero-order valence-corrected chi connectivity index (χ0v) is 13.2. The third-order valence-electron chi connectivity index (χ3n) is 3.29. The lowest BCUT2D eigenvalue weighted by atomic mass is 10.0. The van der Waals surface area contributed by atoms with Gasteiger partial charge in [0.15, 0.2) is 0 Å². The van der Waals surface area contributed by atoms with Crippen molar-refractivity contribution in [1.82, 2.24) is 9.97 Å². The van der Waals surface area contributed by atoms with Crippen molar-refractivity contribution in [2.75, 3.05) is 13.3 Å². The number of benzene rings is 1. The Morgan fingerprint density at radius 2 is 1.95 bits per heavy atom. The van der Waals surface area contributed by atoms with Crippen molar-refractivity contribution < 1.29 is 4.57 Å². The molecule has 0 N–H and O–H groups in total. The molecule has 0 saturated carbocycles. The molecule has 0 spiro atoms. The van der Waals surface area contributed by atoms with E-state index >= 15 is 0 Å². The third-order valence-corrected chi connectivity index (χ3v) is 4.87. The van der Waals surface area contributed by atoms with Crippen molar-refractivity contribution in [3.8, 4) is 0 Å². The molecular weight excluding hydrogens is 255 g/mol. The molecule has 3 nitrogen and oxygen atoms in total. The maximum Gasteiger partial charge on any atom is 0.128 e. The van der Waals surface area contributed by atoms with E-state index in [0.717, 1.165) is 34.0 Å². The molecule has 4 heteroatoms. The van der Waals surface area contributed by atoms with Gasteiger partial charge in [0.1, 0.15) is 13.0 Å². The summed E-state index contributed by atoms with van der Waals surface area (Å²) >= 11 is 0. The maximum atomic E-state index is 12.7. The molecule has 19 heavy (non-hydrogen) atoms. The van der Waals surface area contributed by atoms with Gasteiger partial charge < -0.3 is 4.57 Å². The normalized spacial score (nSPS) is 12.3. The van der Waals surface area contributed by atoms with Crippen LogP contribution in [-0.4, -0.2) is 23.3 Å². The van der Waals surface area contributed by atoms with Gasteiger partial charge in [0.25, 0.3) is 0 Å². The molecule has 1 aromatic carbocycles. The van der Waals surface area contributed by atoms with Crippen molar-refractivity contribution >= 4 is 23.3 Å². The summed E-state index contributed by atoms with van der Waals surface area (Å²) in [6.07, 6.45) is 2.65. The molecule has 0 atom stereocenters. The van der Waals surface area contributed by atoms with Gasteiger partial charge in [-0.3, -0.25) is 0 Å². The first kappa shape index (κ1) is 14.2. The summed E-state index contributed by atoms with van der Waals surface area (Å²) < 4.78 is 12.7. The van der Waals surface area contributed by atoms with Gasteiger partial charge in [-0.15, -0.1) is 0 Å². The van der Waals surface area contributed by atoms with Crippen molar-refractivity contribution in [2.24, 2.45) is 0 Å². The highest BCUT2D eigenvalue weighted by Crippen LogP contribution is 2.40. The molecular formula is C15H21N2OP. The summed E-state index contributed by atoms with van der Waals surface area (Å²) in [7, 11) is -2.36. The lowest BCUT2D eigenvalue weighted by molar-refractivity contribution is 0.588. The van der Waals surface area contributed by atoms with Crippen LogP contribution in [0.3, 0.4) is 0 Å². The number of hydrogen-bond acceptors (Lipinski definition) is 3. The van der Waals surface area contributed by atoms with E-state index in [-0.39, 0.29) is 0 Å². The number of aryl methyl sites for hydroxylation is 1. The van der Waals surface area contributed by atoms with Gasteiger partial charge in [-0.1, -0.05) is 26.8 Å². The summed E-state index contributed by atoms with van der Waals surface area (Å²) in [4.78, 5) is 8.90. The lowest BCUT2D eigenvalue weighted by Gasteiger charge is -2.18. The number of aromatic nitrogens is 2. The first-order chi connectivity index (χ1) is 8.84. The number of nitrogens with zero attached hydrogens (tertiary/aromatic N) is 2. The highest BCUT2D eigenvalue weighted by Gasteiger charge is 2.21. The van der Waals surface area contributed by atoms with E-state index in [9.17, 15) is 4.57 Å². The number of fused-ring (bicyclic) bond motifs is 1. The first-order valence-electron chi connectivity index (χ1n) is 6.68. The largest absolute Gasteiger partial charge is 0.319 e. The second-order valence-electron chi connectivity index (χ2n) is 5.58. The van der Waals surface area contributed by atoms with Crippen LogP contribution in [0.15, 0.2) is 18.3 Å².